The SMILES string of the molecule is C[C@@H](N)c1ccccc1Oc1ccc(OCc2ccccc2)cc1. The summed E-state index contributed by atoms with van der Waals surface area (Å²) in [5, 5.41) is 0. The molecular formula is C21H21NO2. The average molecular weight is 319 g/mol. The highest BCUT2D eigenvalue weighted by Crippen LogP contribution is 2.29. The highest BCUT2D eigenvalue weighted by Gasteiger charge is 2.08. The van der Waals surface area contributed by atoms with Crippen LogP contribution in [0.2, 0.25) is 0 Å². The van der Waals surface area contributed by atoms with Crippen LogP contribution in [0, 0.1) is 0 Å². The Labute approximate surface area is 142 Å². The van der Waals surface area contributed by atoms with Crippen LogP contribution in [-0.4, -0.2) is 0 Å². The zero-order chi connectivity index (χ0) is 16.8. The second-order valence-corrected chi connectivity index (χ2v) is 5.67. The summed E-state index contributed by atoms with van der Waals surface area (Å²) in [5.41, 5.74) is 8.12. The van der Waals surface area contributed by atoms with Crippen molar-refractivity contribution in [1.29, 1.82) is 0 Å². The largest absolute Gasteiger partial charge is 0.489 e. The normalized spacial score (nSPS) is 11.8. The van der Waals surface area contributed by atoms with Crippen LogP contribution < -0.4 is 15.2 Å². The Morgan fingerprint density at radius 1 is 0.792 bits per heavy atom. The third kappa shape index (κ3) is 4.15. The van der Waals surface area contributed by atoms with Gasteiger partial charge in [-0.1, -0.05) is 48.5 Å². The predicted octanol–water partition coefficient (Wildman–Crippen LogP) is 5.08. The molecule has 0 bridgehead atoms. The molecule has 3 rings (SSSR count). The highest BCUT2D eigenvalue weighted by molar-refractivity contribution is 5.40. The van der Waals surface area contributed by atoms with E-state index in [0.29, 0.717) is 6.61 Å². The third-order valence-corrected chi connectivity index (χ3v) is 3.71. The quantitative estimate of drug-likeness (QED) is 0.689. The van der Waals surface area contributed by atoms with Gasteiger partial charge in [-0.15, -0.1) is 0 Å². The van der Waals surface area contributed by atoms with Gasteiger partial charge in [-0.3, -0.25) is 0 Å². The predicted molar refractivity (Wildman–Crippen MR) is 96.3 cm³/mol. The minimum absolute atomic E-state index is 0.0744. The lowest BCUT2D eigenvalue weighted by Crippen LogP contribution is -2.06. The van der Waals surface area contributed by atoms with Gasteiger partial charge in [0.25, 0.3) is 0 Å². The summed E-state index contributed by atoms with van der Waals surface area (Å²) in [6, 6.07) is 25.5. The first-order valence-electron chi connectivity index (χ1n) is 8.01. The van der Waals surface area contributed by atoms with E-state index in [2.05, 4.69) is 0 Å². The number of nitrogens with two attached hydrogens (primary N) is 1. The van der Waals surface area contributed by atoms with Crippen molar-refractivity contribution in [1.82, 2.24) is 0 Å². The minimum Gasteiger partial charge on any atom is -0.489 e. The molecule has 0 spiro atoms. The van der Waals surface area contributed by atoms with Crippen LogP contribution in [0.1, 0.15) is 24.1 Å². The molecule has 0 amide bonds. The Kier molecular flexibility index (Phi) is 5.14. The smallest absolute Gasteiger partial charge is 0.132 e. The summed E-state index contributed by atoms with van der Waals surface area (Å²) in [6.45, 7) is 2.50. The van der Waals surface area contributed by atoms with E-state index in [4.69, 9.17) is 15.2 Å². The van der Waals surface area contributed by atoms with E-state index in [1.807, 2.05) is 85.8 Å². The van der Waals surface area contributed by atoms with Crippen molar-refractivity contribution in [2.24, 2.45) is 5.73 Å². The Balaban J connectivity index is 1.65. The lowest BCUT2D eigenvalue weighted by Gasteiger charge is -2.14. The van der Waals surface area contributed by atoms with Crippen molar-refractivity contribution >= 4 is 0 Å². The molecular weight excluding hydrogens is 298 g/mol. The Bertz CT molecular complexity index is 767. The zero-order valence-corrected chi connectivity index (χ0v) is 13.7. The second kappa shape index (κ2) is 7.66. The van der Waals surface area contributed by atoms with Crippen LogP contribution in [-0.2, 0) is 6.61 Å². The number of para-hydroxylation sites is 1. The van der Waals surface area contributed by atoms with E-state index in [9.17, 15) is 0 Å². The average Bonchev–Trinajstić information content (AvgIpc) is 2.62. The molecule has 1 atom stereocenters. The summed E-state index contributed by atoms with van der Waals surface area (Å²) in [6.07, 6.45) is 0. The second-order valence-electron chi connectivity index (χ2n) is 5.67. The number of hydrogen-bond acceptors (Lipinski definition) is 3. The summed E-state index contributed by atoms with van der Waals surface area (Å²) >= 11 is 0. The number of benzene rings is 3. The molecule has 0 fully saturated rings. The van der Waals surface area contributed by atoms with Gasteiger partial charge in [0, 0.05) is 11.6 Å². The zero-order valence-electron chi connectivity index (χ0n) is 13.7. The summed E-state index contributed by atoms with van der Waals surface area (Å²) in [4.78, 5) is 0. The topological polar surface area (TPSA) is 44.5 Å². The first-order chi connectivity index (χ1) is 11.7. The van der Waals surface area contributed by atoms with Gasteiger partial charge in [0.2, 0.25) is 0 Å². The van der Waals surface area contributed by atoms with Crippen LogP contribution in [0.25, 0.3) is 0 Å². The van der Waals surface area contributed by atoms with Gasteiger partial charge in [-0.05, 0) is 42.8 Å². The highest BCUT2D eigenvalue weighted by atomic mass is 16.5. The number of ether oxygens (including phenoxy) is 2. The van der Waals surface area contributed by atoms with Crippen LogP contribution in [0.4, 0.5) is 0 Å². The maximum atomic E-state index is 5.99. The fraction of sp³-hybridized carbons (Fsp3) is 0.143. The van der Waals surface area contributed by atoms with E-state index < -0.39 is 0 Å². The minimum atomic E-state index is -0.0744. The van der Waals surface area contributed by atoms with Gasteiger partial charge >= 0.3 is 0 Å². The molecule has 3 aromatic carbocycles. The molecule has 0 saturated heterocycles. The van der Waals surface area contributed by atoms with Crippen molar-refractivity contribution in [3.63, 3.8) is 0 Å². The molecule has 0 unspecified atom stereocenters. The molecule has 0 radical (unpaired) electrons. The standard InChI is InChI=1S/C21H21NO2/c1-16(22)20-9-5-6-10-21(20)24-19-13-11-18(12-14-19)23-15-17-7-3-2-4-8-17/h2-14,16H,15,22H2,1H3/t16-/m1/s1. The van der Waals surface area contributed by atoms with Crippen molar-refractivity contribution in [3.8, 4) is 17.2 Å². The number of rotatable bonds is 6. The Morgan fingerprint density at radius 2 is 1.42 bits per heavy atom. The molecule has 0 aliphatic carbocycles. The third-order valence-electron chi connectivity index (χ3n) is 3.71. The van der Waals surface area contributed by atoms with Gasteiger partial charge in [0.05, 0.1) is 0 Å². The van der Waals surface area contributed by atoms with E-state index in [-0.39, 0.29) is 6.04 Å². The first kappa shape index (κ1) is 16.1. The molecule has 3 heteroatoms. The number of hydrogen-bond donors (Lipinski definition) is 1. The van der Waals surface area contributed by atoms with Crippen molar-refractivity contribution in [3.05, 3.63) is 90.0 Å². The Morgan fingerprint density at radius 3 is 2.12 bits per heavy atom. The maximum Gasteiger partial charge on any atom is 0.132 e. The van der Waals surface area contributed by atoms with Gasteiger partial charge in [0.15, 0.2) is 0 Å². The van der Waals surface area contributed by atoms with Gasteiger partial charge in [-0.2, -0.15) is 0 Å². The van der Waals surface area contributed by atoms with Gasteiger partial charge in [-0.25, -0.2) is 0 Å². The lowest BCUT2D eigenvalue weighted by molar-refractivity contribution is 0.306. The van der Waals surface area contributed by atoms with Crippen molar-refractivity contribution in [2.45, 2.75) is 19.6 Å². The fourth-order valence-corrected chi connectivity index (χ4v) is 2.42. The molecule has 0 saturated carbocycles. The van der Waals surface area contributed by atoms with Crippen molar-refractivity contribution < 1.29 is 9.47 Å². The molecule has 0 aromatic heterocycles. The van der Waals surface area contributed by atoms with E-state index in [1.54, 1.807) is 0 Å². The van der Waals surface area contributed by atoms with Crippen LogP contribution in [0.15, 0.2) is 78.9 Å². The van der Waals surface area contributed by atoms with Gasteiger partial charge in [0.1, 0.15) is 23.9 Å². The fourth-order valence-electron chi connectivity index (χ4n) is 2.42. The van der Waals surface area contributed by atoms with Gasteiger partial charge < -0.3 is 15.2 Å². The van der Waals surface area contributed by atoms with E-state index in [1.165, 1.54) is 0 Å². The molecule has 24 heavy (non-hydrogen) atoms. The molecule has 122 valence electrons. The molecule has 3 aromatic rings. The Hall–Kier alpha value is -2.78. The molecule has 2 N–H and O–H groups in total. The lowest BCUT2D eigenvalue weighted by atomic mass is 10.1. The molecule has 0 aliphatic heterocycles. The molecule has 0 aliphatic rings. The summed E-state index contributed by atoms with van der Waals surface area (Å²) in [5.74, 6) is 2.35. The maximum absolute atomic E-state index is 5.99. The van der Waals surface area contributed by atoms with E-state index in [0.717, 1.165) is 28.4 Å². The summed E-state index contributed by atoms with van der Waals surface area (Å²) < 4.78 is 11.7. The van der Waals surface area contributed by atoms with Crippen LogP contribution >= 0.6 is 0 Å². The van der Waals surface area contributed by atoms with Crippen LogP contribution in [0.5, 0.6) is 17.2 Å². The molecule has 3 nitrogen and oxygen atoms in total. The monoisotopic (exact) mass is 319 g/mol. The first-order valence-corrected chi connectivity index (χ1v) is 8.01. The molecule has 0 heterocycles. The van der Waals surface area contributed by atoms with Crippen molar-refractivity contribution in [2.75, 3.05) is 0 Å². The summed E-state index contributed by atoms with van der Waals surface area (Å²) in [7, 11) is 0. The van der Waals surface area contributed by atoms with Crippen LogP contribution in [0.3, 0.4) is 0 Å². The van der Waals surface area contributed by atoms with E-state index >= 15 is 0 Å².